The molecule has 0 radical (unpaired) electrons. The van der Waals surface area contributed by atoms with Crippen LogP contribution in [0.5, 0.6) is 0 Å². The van der Waals surface area contributed by atoms with Crippen molar-refractivity contribution in [3.63, 3.8) is 0 Å². The van der Waals surface area contributed by atoms with Gasteiger partial charge in [0.15, 0.2) is 0 Å². The predicted molar refractivity (Wildman–Crippen MR) is 80.1 cm³/mol. The maximum atomic E-state index is 6.42. The van der Waals surface area contributed by atoms with E-state index in [-0.39, 0.29) is 6.04 Å². The number of hydrogen-bond donors (Lipinski definition) is 2. The van der Waals surface area contributed by atoms with Crippen molar-refractivity contribution in [3.8, 4) is 0 Å². The lowest BCUT2D eigenvalue weighted by Crippen LogP contribution is -2.29. The molecule has 2 nitrogen and oxygen atoms in total. The maximum Gasteiger partial charge on any atom is 0.0335 e. The highest BCUT2D eigenvalue weighted by Crippen LogP contribution is 2.32. The smallest absolute Gasteiger partial charge is 0.0335 e. The summed E-state index contributed by atoms with van der Waals surface area (Å²) in [5.41, 5.74) is 9.22. The summed E-state index contributed by atoms with van der Waals surface area (Å²) in [6.45, 7) is 3.21. The van der Waals surface area contributed by atoms with Gasteiger partial charge in [0.1, 0.15) is 0 Å². The molecule has 100 valence electrons. The van der Waals surface area contributed by atoms with Gasteiger partial charge in [0.05, 0.1) is 0 Å². The molecule has 0 fully saturated rings. The number of rotatable bonds is 5. The first kappa shape index (κ1) is 13.9. The summed E-state index contributed by atoms with van der Waals surface area (Å²) >= 11 is 1.98. The van der Waals surface area contributed by atoms with Gasteiger partial charge in [-0.25, -0.2) is 0 Å². The Labute approximate surface area is 115 Å². The van der Waals surface area contributed by atoms with Crippen molar-refractivity contribution in [3.05, 3.63) is 29.3 Å². The summed E-state index contributed by atoms with van der Waals surface area (Å²) in [6.07, 6.45) is 3.63. The van der Waals surface area contributed by atoms with Gasteiger partial charge >= 0.3 is 0 Å². The van der Waals surface area contributed by atoms with Gasteiger partial charge in [-0.05, 0) is 55.3 Å². The van der Waals surface area contributed by atoms with Crippen LogP contribution in [0.2, 0.25) is 0 Å². The molecule has 3 N–H and O–H groups in total. The van der Waals surface area contributed by atoms with Crippen LogP contribution in [-0.2, 0) is 6.42 Å². The molecule has 1 aromatic rings. The fourth-order valence-electron chi connectivity index (χ4n) is 2.65. The number of nitrogens with one attached hydrogen (secondary N) is 1. The van der Waals surface area contributed by atoms with Gasteiger partial charge in [0, 0.05) is 10.9 Å². The van der Waals surface area contributed by atoms with Crippen molar-refractivity contribution < 1.29 is 0 Å². The Hall–Kier alpha value is -0.510. The second-order valence-electron chi connectivity index (χ2n) is 5.07. The van der Waals surface area contributed by atoms with Crippen molar-refractivity contribution >= 4 is 11.8 Å². The van der Waals surface area contributed by atoms with E-state index in [9.17, 15) is 0 Å². The van der Waals surface area contributed by atoms with Crippen molar-refractivity contribution in [2.24, 2.45) is 11.7 Å². The highest BCUT2D eigenvalue weighted by molar-refractivity contribution is 7.99. The van der Waals surface area contributed by atoms with E-state index < -0.39 is 0 Å². The third kappa shape index (κ3) is 3.08. The van der Waals surface area contributed by atoms with E-state index >= 15 is 0 Å². The maximum absolute atomic E-state index is 6.42. The largest absolute Gasteiger partial charge is 0.324 e. The molecule has 3 heteroatoms. The van der Waals surface area contributed by atoms with Crippen molar-refractivity contribution in [2.75, 3.05) is 19.3 Å². The second-order valence-corrected chi connectivity index (χ2v) is 6.21. The van der Waals surface area contributed by atoms with E-state index in [1.54, 1.807) is 0 Å². The zero-order chi connectivity index (χ0) is 13.0. The lowest BCUT2D eigenvalue weighted by atomic mass is 9.90. The standard InChI is InChI=1S/C15H24N2S/c1-3-11(10-17-2)15(16)13-6-7-14-12(9-13)5-4-8-18-14/h6-7,9,11,15,17H,3-5,8,10,16H2,1-2H3. The normalized spacial score (nSPS) is 18.2. The molecule has 0 spiro atoms. The Morgan fingerprint density at radius 2 is 2.28 bits per heavy atom. The van der Waals surface area contributed by atoms with E-state index in [0.29, 0.717) is 5.92 Å². The second kappa shape index (κ2) is 6.60. The SMILES string of the molecule is CCC(CNC)C(N)c1ccc2c(c1)CCCS2. The molecule has 0 aromatic heterocycles. The average Bonchev–Trinajstić information content (AvgIpc) is 2.43. The van der Waals surface area contributed by atoms with Crippen LogP contribution in [0.15, 0.2) is 23.1 Å². The van der Waals surface area contributed by atoms with Crippen molar-refractivity contribution in [2.45, 2.75) is 37.1 Å². The molecule has 0 saturated carbocycles. The molecule has 0 saturated heterocycles. The molecule has 1 aliphatic heterocycles. The zero-order valence-corrected chi connectivity index (χ0v) is 12.2. The number of aryl methyl sites for hydroxylation is 1. The molecule has 0 bridgehead atoms. The minimum Gasteiger partial charge on any atom is -0.324 e. The molecule has 0 amide bonds. The number of thioether (sulfide) groups is 1. The third-order valence-electron chi connectivity index (χ3n) is 3.82. The highest BCUT2D eigenvalue weighted by atomic mass is 32.2. The minimum atomic E-state index is 0.152. The van der Waals surface area contributed by atoms with E-state index in [1.807, 2.05) is 18.8 Å². The summed E-state index contributed by atoms with van der Waals surface area (Å²) in [6, 6.07) is 6.98. The van der Waals surface area contributed by atoms with Gasteiger partial charge < -0.3 is 11.1 Å². The Bertz CT molecular complexity index is 392. The molecule has 1 aromatic carbocycles. The molecule has 1 aliphatic rings. The summed E-state index contributed by atoms with van der Waals surface area (Å²) in [4.78, 5) is 1.46. The number of fused-ring (bicyclic) bond motifs is 1. The lowest BCUT2D eigenvalue weighted by molar-refractivity contribution is 0.403. The van der Waals surface area contributed by atoms with E-state index in [4.69, 9.17) is 5.73 Å². The Kier molecular flexibility index (Phi) is 5.10. The van der Waals surface area contributed by atoms with Crippen LogP contribution in [0.4, 0.5) is 0 Å². The van der Waals surface area contributed by atoms with Crippen LogP contribution < -0.4 is 11.1 Å². The van der Waals surface area contributed by atoms with Gasteiger partial charge in [-0.3, -0.25) is 0 Å². The fourth-order valence-corrected chi connectivity index (χ4v) is 3.67. The van der Waals surface area contributed by atoms with Crippen LogP contribution in [0.3, 0.4) is 0 Å². The number of benzene rings is 1. The molecule has 0 aliphatic carbocycles. The van der Waals surface area contributed by atoms with E-state index in [1.165, 1.54) is 34.6 Å². The molecule has 18 heavy (non-hydrogen) atoms. The van der Waals surface area contributed by atoms with Crippen LogP contribution in [-0.4, -0.2) is 19.3 Å². The Balaban J connectivity index is 2.17. The number of nitrogens with two attached hydrogens (primary N) is 1. The molecular weight excluding hydrogens is 240 g/mol. The van der Waals surface area contributed by atoms with Crippen LogP contribution in [0.25, 0.3) is 0 Å². The monoisotopic (exact) mass is 264 g/mol. The third-order valence-corrected chi connectivity index (χ3v) is 5.02. The Morgan fingerprint density at radius 3 is 3.00 bits per heavy atom. The first-order chi connectivity index (χ1) is 8.76. The minimum absolute atomic E-state index is 0.152. The predicted octanol–water partition coefficient (Wildman–Crippen LogP) is 2.97. The van der Waals surface area contributed by atoms with Gasteiger partial charge in [-0.2, -0.15) is 0 Å². The van der Waals surface area contributed by atoms with Crippen LogP contribution in [0.1, 0.15) is 36.9 Å². The van der Waals surface area contributed by atoms with Crippen LogP contribution >= 0.6 is 11.8 Å². The summed E-state index contributed by atoms with van der Waals surface area (Å²) in [5, 5.41) is 3.25. The number of hydrogen-bond acceptors (Lipinski definition) is 3. The average molecular weight is 264 g/mol. The molecule has 2 atom stereocenters. The highest BCUT2D eigenvalue weighted by Gasteiger charge is 2.19. The summed E-state index contributed by atoms with van der Waals surface area (Å²) in [7, 11) is 2.00. The first-order valence-electron chi connectivity index (χ1n) is 6.92. The van der Waals surface area contributed by atoms with E-state index in [0.717, 1.165) is 13.0 Å². The van der Waals surface area contributed by atoms with Gasteiger partial charge in [0.25, 0.3) is 0 Å². The van der Waals surface area contributed by atoms with Gasteiger partial charge in [-0.1, -0.05) is 25.5 Å². The molecule has 2 unspecified atom stereocenters. The van der Waals surface area contributed by atoms with Gasteiger partial charge in [0.2, 0.25) is 0 Å². The van der Waals surface area contributed by atoms with Crippen molar-refractivity contribution in [1.29, 1.82) is 0 Å². The van der Waals surface area contributed by atoms with Gasteiger partial charge in [-0.15, -0.1) is 11.8 Å². The molecule has 1 heterocycles. The fraction of sp³-hybridized carbons (Fsp3) is 0.600. The Morgan fingerprint density at radius 1 is 1.44 bits per heavy atom. The van der Waals surface area contributed by atoms with Crippen LogP contribution in [0, 0.1) is 5.92 Å². The zero-order valence-electron chi connectivity index (χ0n) is 11.4. The topological polar surface area (TPSA) is 38.0 Å². The molecular formula is C15H24N2S. The van der Waals surface area contributed by atoms with Crippen molar-refractivity contribution in [1.82, 2.24) is 5.32 Å². The summed E-state index contributed by atoms with van der Waals surface area (Å²) < 4.78 is 0. The molecule has 2 rings (SSSR count). The first-order valence-corrected chi connectivity index (χ1v) is 7.90. The van der Waals surface area contributed by atoms with E-state index in [2.05, 4.69) is 30.4 Å². The quantitative estimate of drug-likeness (QED) is 0.858. The summed E-state index contributed by atoms with van der Waals surface area (Å²) in [5.74, 6) is 1.78. The lowest BCUT2D eigenvalue weighted by Gasteiger charge is -2.24.